The van der Waals surface area contributed by atoms with Crippen molar-refractivity contribution in [2.24, 2.45) is 5.10 Å². The maximum absolute atomic E-state index is 13.3. The fraction of sp³-hybridized carbons (Fsp3) is 0.222. The lowest BCUT2D eigenvalue weighted by atomic mass is 10.0. The van der Waals surface area contributed by atoms with Crippen LogP contribution >= 0.6 is 11.8 Å². The Labute approximate surface area is 153 Å². The summed E-state index contributed by atoms with van der Waals surface area (Å²) in [5, 5.41) is 6.48. The number of carbonyl (C=O) groups is 1. The third kappa shape index (κ3) is 3.42. The molecule has 2 aliphatic rings. The second kappa shape index (κ2) is 7.05. The van der Waals surface area contributed by atoms with Crippen LogP contribution in [0.5, 0.6) is 0 Å². The SMILES string of the molecule is O=C1NN=C(SCc2cccc(F)c2)N2NC(c3ccc(F)cc3)CC12. The van der Waals surface area contributed by atoms with Crippen LogP contribution < -0.4 is 10.9 Å². The molecule has 0 radical (unpaired) electrons. The number of rotatable bonds is 3. The molecule has 4 rings (SSSR count). The number of hydrogen-bond acceptors (Lipinski definition) is 5. The minimum atomic E-state index is -0.391. The predicted molar refractivity (Wildman–Crippen MR) is 95.8 cm³/mol. The molecule has 2 N–H and O–H groups in total. The second-order valence-electron chi connectivity index (χ2n) is 6.14. The van der Waals surface area contributed by atoms with Crippen LogP contribution in [-0.2, 0) is 10.5 Å². The third-order valence-electron chi connectivity index (χ3n) is 4.37. The number of carbonyl (C=O) groups excluding carboxylic acids is 1. The van der Waals surface area contributed by atoms with Gasteiger partial charge in [0, 0.05) is 5.75 Å². The third-order valence-corrected chi connectivity index (χ3v) is 5.39. The van der Waals surface area contributed by atoms with Crippen molar-refractivity contribution < 1.29 is 13.6 Å². The summed E-state index contributed by atoms with van der Waals surface area (Å²) in [6.07, 6.45) is 0.553. The maximum atomic E-state index is 13.3. The van der Waals surface area contributed by atoms with Crippen molar-refractivity contribution in [3.05, 3.63) is 71.3 Å². The van der Waals surface area contributed by atoms with Crippen LogP contribution in [0.4, 0.5) is 8.78 Å². The molecule has 2 aliphatic heterocycles. The summed E-state index contributed by atoms with van der Waals surface area (Å²) >= 11 is 1.41. The average Bonchev–Trinajstić information content (AvgIpc) is 3.08. The molecule has 0 aromatic heterocycles. The van der Waals surface area contributed by atoms with Crippen LogP contribution in [0.25, 0.3) is 0 Å². The summed E-state index contributed by atoms with van der Waals surface area (Å²) in [5.41, 5.74) is 7.57. The molecule has 1 saturated heterocycles. The van der Waals surface area contributed by atoms with Gasteiger partial charge in [-0.3, -0.25) is 9.80 Å². The number of amides is 1. The highest BCUT2D eigenvalue weighted by molar-refractivity contribution is 8.13. The van der Waals surface area contributed by atoms with Crippen LogP contribution in [0.2, 0.25) is 0 Å². The number of hydrazone groups is 1. The summed E-state index contributed by atoms with van der Waals surface area (Å²) in [7, 11) is 0. The van der Waals surface area contributed by atoms with Crippen molar-refractivity contribution >= 4 is 22.8 Å². The Hall–Kier alpha value is -2.45. The van der Waals surface area contributed by atoms with Gasteiger partial charge >= 0.3 is 0 Å². The average molecular weight is 374 g/mol. The Morgan fingerprint density at radius 1 is 1.15 bits per heavy atom. The molecule has 5 nitrogen and oxygen atoms in total. The largest absolute Gasteiger partial charge is 0.272 e. The molecule has 0 spiro atoms. The molecule has 0 saturated carbocycles. The summed E-state index contributed by atoms with van der Waals surface area (Å²) < 4.78 is 26.5. The first-order chi connectivity index (χ1) is 12.6. The Bertz CT molecular complexity index is 859. The highest BCUT2D eigenvalue weighted by Crippen LogP contribution is 2.32. The predicted octanol–water partition coefficient (Wildman–Crippen LogP) is 2.92. The molecule has 0 bridgehead atoms. The van der Waals surface area contributed by atoms with Gasteiger partial charge in [-0.05, 0) is 41.8 Å². The molecule has 2 heterocycles. The van der Waals surface area contributed by atoms with Gasteiger partial charge in [0.25, 0.3) is 5.91 Å². The van der Waals surface area contributed by atoms with Crippen molar-refractivity contribution in [1.82, 2.24) is 15.9 Å². The Morgan fingerprint density at radius 3 is 2.73 bits per heavy atom. The lowest BCUT2D eigenvalue weighted by Gasteiger charge is -2.29. The van der Waals surface area contributed by atoms with Gasteiger partial charge in [0.15, 0.2) is 5.17 Å². The number of hydrazine groups is 1. The van der Waals surface area contributed by atoms with E-state index in [9.17, 15) is 13.6 Å². The Morgan fingerprint density at radius 2 is 1.96 bits per heavy atom. The quantitative estimate of drug-likeness (QED) is 0.867. The molecule has 2 aromatic rings. The molecular formula is C18H16F2N4OS. The number of halogens is 2. The molecule has 2 unspecified atom stereocenters. The van der Waals surface area contributed by atoms with Crippen LogP contribution in [-0.4, -0.2) is 22.1 Å². The van der Waals surface area contributed by atoms with Crippen molar-refractivity contribution in [3.8, 4) is 0 Å². The van der Waals surface area contributed by atoms with Gasteiger partial charge in [0.2, 0.25) is 0 Å². The molecule has 2 atom stereocenters. The van der Waals surface area contributed by atoms with E-state index in [0.29, 0.717) is 17.3 Å². The molecule has 8 heteroatoms. The van der Waals surface area contributed by atoms with Gasteiger partial charge in [-0.25, -0.2) is 19.6 Å². The van der Waals surface area contributed by atoms with E-state index >= 15 is 0 Å². The van der Waals surface area contributed by atoms with Gasteiger partial charge in [0.1, 0.15) is 17.7 Å². The van der Waals surface area contributed by atoms with E-state index in [1.807, 2.05) is 6.07 Å². The number of nitrogens with zero attached hydrogens (tertiary/aromatic N) is 2. The summed E-state index contributed by atoms with van der Waals surface area (Å²) in [6.45, 7) is 0. The number of hydrogen-bond donors (Lipinski definition) is 2. The minimum Gasteiger partial charge on any atom is -0.272 e. The highest BCUT2D eigenvalue weighted by Gasteiger charge is 2.41. The number of nitrogens with one attached hydrogen (secondary N) is 2. The van der Waals surface area contributed by atoms with Gasteiger partial charge < -0.3 is 0 Å². The van der Waals surface area contributed by atoms with E-state index in [0.717, 1.165) is 11.1 Å². The standard InChI is InChI=1S/C18H16F2N4OS/c19-13-6-4-12(5-7-13)15-9-16-17(25)21-22-18(24(16)23-15)26-10-11-2-1-3-14(20)8-11/h1-8,15-16,23H,9-10H2,(H,21,25). The van der Waals surface area contributed by atoms with E-state index < -0.39 is 6.04 Å². The van der Waals surface area contributed by atoms with Crippen molar-refractivity contribution in [2.45, 2.75) is 24.3 Å². The lowest BCUT2D eigenvalue weighted by Crippen LogP contribution is -2.52. The number of benzene rings is 2. The first-order valence-electron chi connectivity index (χ1n) is 8.16. The molecule has 26 heavy (non-hydrogen) atoms. The van der Waals surface area contributed by atoms with Gasteiger partial charge in [-0.15, -0.1) is 5.10 Å². The zero-order valence-corrected chi connectivity index (χ0v) is 14.5. The monoisotopic (exact) mass is 374 g/mol. The minimum absolute atomic E-state index is 0.107. The van der Waals surface area contributed by atoms with E-state index in [-0.39, 0.29) is 23.6 Å². The van der Waals surface area contributed by atoms with E-state index in [1.54, 1.807) is 23.2 Å². The topological polar surface area (TPSA) is 56.7 Å². The summed E-state index contributed by atoms with van der Waals surface area (Å²) in [4.78, 5) is 12.2. The lowest BCUT2D eigenvalue weighted by molar-refractivity contribution is -0.125. The first kappa shape index (κ1) is 17.0. The van der Waals surface area contributed by atoms with Gasteiger partial charge in [-0.2, -0.15) is 0 Å². The van der Waals surface area contributed by atoms with E-state index in [2.05, 4.69) is 16.0 Å². The zero-order chi connectivity index (χ0) is 18.1. The summed E-state index contributed by atoms with van der Waals surface area (Å²) in [5.74, 6) is -0.235. The van der Waals surface area contributed by atoms with Crippen molar-refractivity contribution in [3.63, 3.8) is 0 Å². The molecule has 0 aliphatic carbocycles. The number of amidine groups is 1. The zero-order valence-electron chi connectivity index (χ0n) is 13.7. The number of fused-ring (bicyclic) bond motifs is 1. The maximum Gasteiger partial charge on any atom is 0.264 e. The van der Waals surface area contributed by atoms with Gasteiger partial charge in [-0.1, -0.05) is 36.0 Å². The molecule has 134 valence electrons. The fourth-order valence-corrected chi connectivity index (χ4v) is 3.97. The summed E-state index contributed by atoms with van der Waals surface area (Å²) in [6, 6.07) is 12.1. The van der Waals surface area contributed by atoms with E-state index in [4.69, 9.17) is 0 Å². The molecule has 1 amide bonds. The molecule has 2 aromatic carbocycles. The molecular weight excluding hydrogens is 358 g/mol. The Balaban J connectivity index is 1.48. The van der Waals surface area contributed by atoms with Crippen LogP contribution in [0.1, 0.15) is 23.6 Å². The second-order valence-corrected chi connectivity index (χ2v) is 7.09. The van der Waals surface area contributed by atoms with Crippen LogP contribution in [0, 0.1) is 11.6 Å². The highest BCUT2D eigenvalue weighted by atomic mass is 32.2. The normalized spacial score (nSPS) is 22.0. The Kier molecular flexibility index (Phi) is 4.60. The smallest absolute Gasteiger partial charge is 0.264 e. The fourth-order valence-electron chi connectivity index (χ4n) is 3.07. The van der Waals surface area contributed by atoms with Gasteiger partial charge in [0.05, 0.1) is 6.04 Å². The van der Waals surface area contributed by atoms with E-state index in [1.165, 1.54) is 36.0 Å². The van der Waals surface area contributed by atoms with Crippen LogP contribution in [0.3, 0.4) is 0 Å². The number of thioether (sulfide) groups is 1. The van der Waals surface area contributed by atoms with Crippen LogP contribution in [0.15, 0.2) is 53.6 Å². The van der Waals surface area contributed by atoms with Crippen molar-refractivity contribution in [1.29, 1.82) is 0 Å². The first-order valence-corrected chi connectivity index (χ1v) is 9.14. The van der Waals surface area contributed by atoms with Crippen molar-refractivity contribution in [2.75, 3.05) is 0 Å². The molecule has 1 fully saturated rings.